The number of aromatic nitrogens is 1. The number of carbonyl (C=O) groups is 1. The summed E-state index contributed by atoms with van der Waals surface area (Å²) in [4.78, 5) is 16.7. The van der Waals surface area contributed by atoms with Crippen molar-refractivity contribution in [3.8, 4) is 11.3 Å². The number of benzene rings is 2. The second kappa shape index (κ2) is 9.37. The van der Waals surface area contributed by atoms with Gasteiger partial charge in [-0.05, 0) is 41.7 Å². The molecule has 3 nitrogen and oxygen atoms in total. The summed E-state index contributed by atoms with van der Waals surface area (Å²) in [6.07, 6.45) is 4.24. The van der Waals surface area contributed by atoms with Crippen molar-refractivity contribution >= 4 is 51.7 Å². The number of hydrogen-bond donors (Lipinski definition) is 1. The van der Waals surface area contributed by atoms with Gasteiger partial charge in [-0.2, -0.15) is 0 Å². The number of halogens is 2. The van der Waals surface area contributed by atoms with Gasteiger partial charge in [0.05, 0.1) is 15.7 Å². The zero-order valence-electron chi connectivity index (χ0n) is 15.6. The molecule has 0 fully saturated rings. The minimum absolute atomic E-state index is 0.251. The van der Waals surface area contributed by atoms with E-state index in [1.807, 2.05) is 5.38 Å². The van der Waals surface area contributed by atoms with Crippen LogP contribution in [0.4, 0.5) is 5.13 Å². The number of carbonyl (C=O) groups excluding carboxylic acids is 1. The summed E-state index contributed by atoms with van der Waals surface area (Å²) in [6, 6.07) is 13.6. The summed E-state index contributed by atoms with van der Waals surface area (Å²) < 4.78 is 0. The zero-order valence-corrected chi connectivity index (χ0v) is 17.9. The second-order valence-corrected chi connectivity index (χ2v) is 8.14. The molecule has 2 aromatic carbocycles. The lowest BCUT2D eigenvalue weighted by Crippen LogP contribution is -2.07. The van der Waals surface area contributed by atoms with Crippen LogP contribution in [0.2, 0.25) is 10.0 Å². The van der Waals surface area contributed by atoms with Gasteiger partial charge >= 0.3 is 0 Å². The van der Waals surface area contributed by atoms with Gasteiger partial charge < -0.3 is 0 Å². The lowest BCUT2D eigenvalue weighted by molar-refractivity contribution is -0.111. The Morgan fingerprint density at radius 1 is 1.18 bits per heavy atom. The first-order valence-electron chi connectivity index (χ1n) is 8.96. The van der Waals surface area contributed by atoms with Crippen LogP contribution in [-0.4, -0.2) is 10.9 Å². The SMILES string of the molecule is CCC(C)c1ccc(-c2csc(NC(=O)C=Cc3ccc(Cl)c(Cl)c3)n2)cc1. The van der Waals surface area contributed by atoms with Crippen LogP contribution in [0.15, 0.2) is 53.9 Å². The van der Waals surface area contributed by atoms with Gasteiger partial charge in [0.1, 0.15) is 0 Å². The van der Waals surface area contributed by atoms with E-state index in [4.69, 9.17) is 23.2 Å². The molecular formula is C22H20Cl2N2OS. The van der Waals surface area contributed by atoms with Crippen LogP contribution in [0.1, 0.15) is 37.3 Å². The number of rotatable bonds is 6. The molecule has 28 heavy (non-hydrogen) atoms. The molecule has 0 aliphatic heterocycles. The van der Waals surface area contributed by atoms with Gasteiger partial charge in [0, 0.05) is 17.0 Å². The molecule has 3 rings (SSSR count). The van der Waals surface area contributed by atoms with Crippen LogP contribution >= 0.6 is 34.5 Å². The molecule has 0 saturated heterocycles. The number of hydrogen-bond acceptors (Lipinski definition) is 3. The van der Waals surface area contributed by atoms with Crippen molar-refractivity contribution < 1.29 is 4.79 Å². The van der Waals surface area contributed by atoms with E-state index < -0.39 is 0 Å². The molecule has 0 saturated carbocycles. The molecule has 1 N–H and O–H groups in total. The average molecular weight is 431 g/mol. The molecule has 1 unspecified atom stereocenters. The number of thiazole rings is 1. The molecular weight excluding hydrogens is 411 g/mol. The van der Waals surface area contributed by atoms with Crippen molar-refractivity contribution in [1.29, 1.82) is 0 Å². The van der Waals surface area contributed by atoms with Gasteiger partial charge in [0.2, 0.25) is 5.91 Å². The van der Waals surface area contributed by atoms with E-state index >= 15 is 0 Å². The van der Waals surface area contributed by atoms with Crippen LogP contribution in [0.25, 0.3) is 17.3 Å². The summed E-state index contributed by atoms with van der Waals surface area (Å²) >= 11 is 13.3. The summed E-state index contributed by atoms with van der Waals surface area (Å²) in [7, 11) is 0. The predicted octanol–water partition coefficient (Wildman–Crippen LogP) is 7.28. The van der Waals surface area contributed by atoms with Crippen molar-refractivity contribution in [3.05, 3.63) is 75.1 Å². The fraction of sp³-hybridized carbons (Fsp3) is 0.182. The highest BCUT2D eigenvalue weighted by Gasteiger charge is 2.08. The number of anilines is 1. The Hall–Kier alpha value is -2.14. The maximum Gasteiger partial charge on any atom is 0.250 e. The van der Waals surface area contributed by atoms with E-state index in [0.717, 1.165) is 23.2 Å². The van der Waals surface area contributed by atoms with Gasteiger partial charge in [0.15, 0.2) is 5.13 Å². The minimum atomic E-state index is -0.251. The summed E-state index contributed by atoms with van der Waals surface area (Å²) in [6.45, 7) is 4.40. The lowest BCUT2D eigenvalue weighted by atomic mass is 9.97. The van der Waals surface area contributed by atoms with E-state index in [1.165, 1.54) is 23.0 Å². The smallest absolute Gasteiger partial charge is 0.250 e. The molecule has 1 amide bonds. The molecule has 3 aromatic rings. The summed E-state index contributed by atoms with van der Waals surface area (Å²) in [5, 5.41) is 6.22. The third kappa shape index (κ3) is 5.22. The Morgan fingerprint density at radius 3 is 2.61 bits per heavy atom. The van der Waals surface area contributed by atoms with E-state index in [9.17, 15) is 4.79 Å². The monoisotopic (exact) mass is 430 g/mol. The highest BCUT2D eigenvalue weighted by molar-refractivity contribution is 7.14. The molecule has 0 radical (unpaired) electrons. The van der Waals surface area contributed by atoms with E-state index in [0.29, 0.717) is 21.1 Å². The van der Waals surface area contributed by atoms with Crippen molar-refractivity contribution in [2.75, 3.05) is 5.32 Å². The normalized spacial score (nSPS) is 12.3. The van der Waals surface area contributed by atoms with Crippen molar-refractivity contribution in [2.24, 2.45) is 0 Å². The Kier molecular flexibility index (Phi) is 6.89. The van der Waals surface area contributed by atoms with Crippen LogP contribution in [0, 0.1) is 0 Å². The largest absolute Gasteiger partial charge is 0.298 e. The highest BCUT2D eigenvalue weighted by atomic mass is 35.5. The van der Waals surface area contributed by atoms with Crippen molar-refractivity contribution in [1.82, 2.24) is 4.98 Å². The van der Waals surface area contributed by atoms with Gasteiger partial charge in [-0.1, -0.05) is 67.4 Å². The van der Waals surface area contributed by atoms with Crippen molar-refractivity contribution in [2.45, 2.75) is 26.2 Å². The van der Waals surface area contributed by atoms with Crippen molar-refractivity contribution in [3.63, 3.8) is 0 Å². The standard InChI is InChI=1S/C22H20Cl2N2OS/c1-3-14(2)16-6-8-17(9-7-16)20-13-28-22(25-20)26-21(27)11-5-15-4-10-18(23)19(24)12-15/h4-14H,3H2,1-2H3,(H,25,26,27). The molecule has 6 heteroatoms. The van der Waals surface area contributed by atoms with E-state index in [2.05, 4.69) is 48.4 Å². The summed E-state index contributed by atoms with van der Waals surface area (Å²) in [5.74, 6) is 0.292. The number of nitrogens with one attached hydrogen (secondary N) is 1. The first kappa shape index (κ1) is 20.6. The van der Waals surface area contributed by atoms with Gasteiger partial charge in [-0.3, -0.25) is 10.1 Å². The zero-order chi connectivity index (χ0) is 20.1. The second-order valence-electron chi connectivity index (χ2n) is 6.47. The van der Waals surface area contributed by atoms with Crippen LogP contribution in [0.3, 0.4) is 0 Å². The first-order valence-corrected chi connectivity index (χ1v) is 10.6. The maximum absolute atomic E-state index is 12.1. The number of nitrogens with zero attached hydrogens (tertiary/aromatic N) is 1. The average Bonchev–Trinajstić information content (AvgIpc) is 3.16. The molecule has 1 aromatic heterocycles. The Morgan fingerprint density at radius 2 is 1.93 bits per heavy atom. The molecule has 144 valence electrons. The molecule has 1 heterocycles. The van der Waals surface area contributed by atoms with Crippen LogP contribution < -0.4 is 5.32 Å². The third-order valence-electron chi connectivity index (χ3n) is 4.49. The predicted molar refractivity (Wildman–Crippen MR) is 120 cm³/mol. The molecule has 0 aliphatic carbocycles. The Balaban J connectivity index is 1.64. The van der Waals surface area contributed by atoms with Gasteiger partial charge in [-0.25, -0.2) is 4.98 Å². The van der Waals surface area contributed by atoms with Gasteiger partial charge in [0.25, 0.3) is 0 Å². The lowest BCUT2D eigenvalue weighted by Gasteiger charge is -2.08. The Bertz CT molecular complexity index is 996. The summed E-state index contributed by atoms with van der Waals surface area (Å²) in [5.41, 5.74) is 4.01. The molecule has 1 atom stereocenters. The highest BCUT2D eigenvalue weighted by Crippen LogP contribution is 2.27. The van der Waals surface area contributed by atoms with Crippen LogP contribution in [0.5, 0.6) is 0 Å². The van der Waals surface area contributed by atoms with E-state index in [1.54, 1.807) is 24.3 Å². The van der Waals surface area contributed by atoms with Crippen LogP contribution in [-0.2, 0) is 4.79 Å². The van der Waals surface area contributed by atoms with Gasteiger partial charge in [-0.15, -0.1) is 11.3 Å². The molecule has 0 bridgehead atoms. The molecule has 0 spiro atoms. The Labute approximate surface area is 179 Å². The quantitative estimate of drug-likeness (QED) is 0.417. The first-order chi connectivity index (χ1) is 13.5. The molecule has 0 aliphatic rings. The minimum Gasteiger partial charge on any atom is -0.298 e. The topological polar surface area (TPSA) is 42.0 Å². The fourth-order valence-corrected chi connectivity index (χ4v) is 3.65. The fourth-order valence-electron chi connectivity index (χ4n) is 2.62. The number of amides is 1. The van der Waals surface area contributed by atoms with E-state index in [-0.39, 0.29) is 5.91 Å². The maximum atomic E-state index is 12.1. The third-order valence-corrected chi connectivity index (χ3v) is 5.99.